The van der Waals surface area contributed by atoms with Gasteiger partial charge in [-0.05, 0) is 0 Å². The molecule has 0 bridgehead atoms. The summed E-state index contributed by atoms with van der Waals surface area (Å²) < 4.78 is 34.9. The normalized spacial score (nSPS) is 15.8. The molecule has 0 amide bonds. The van der Waals surface area contributed by atoms with E-state index >= 15 is 0 Å². The average Bonchev–Trinajstić information content (AvgIpc) is 3.47. The van der Waals surface area contributed by atoms with Crippen LogP contribution in [0.25, 0.3) is 0 Å². The molecule has 2 heterocycles. The monoisotopic (exact) mass is 438 g/mol. The van der Waals surface area contributed by atoms with Crippen molar-refractivity contribution in [1.29, 1.82) is 0 Å². The Morgan fingerprint density at radius 2 is 1.14 bits per heavy atom. The predicted octanol–water partition coefficient (Wildman–Crippen LogP) is 4.64. The molecule has 0 unspecified atom stereocenters. The van der Waals surface area contributed by atoms with Crippen LogP contribution in [0.2, 0.25) is 0 Å². The maximum atomic E-state index is 7.50. The summed E-state index contributed by atoms with van der Waals surface area (Å²) in [6.45, 7) is 9.00. The molecule has 1 spiro atoms. The Morgan fingerprint density at radius 3 is 1.57 bits per heavy atom. The number of hydrogen-bond donors (Lipinski definition) is 0. The number of fused-ring (bicyclic) bond motifs is 2. The molecular weight excluding hydrogens is 421 g/mol. The molecule has 0 fully saturated rings. The van der Waals surface area contributed by atoms with Crippen LogP contribution >= 0.6 is 8.09 Å². The first-order valence-electron chi connectivity index (χ1n) is 7.85. The molecule has 1 aliphatic carbocycles. The largest absolute Gasteiger partial charge is 0.0767 e. The van der Waals surface area contributed by atoms with Gasteiger partial charge in [0.2, 0.25) is 0 Å². The van der Waals surface area contributed by atoms with Crippen molar-refractivity contribution in [2.24, 2.45) is 0 Å². The third-order valence-electron chi connectivity index (χ3n) is 3.76. The summed E-state index contributed by atoms with van der Waals surface area (Å²) in [4.78, 5) is 0. The van der Waals surface area contributed by atoms with Gasteiger partial charge >= 0.3 is 127 Å². The Balaban J connectivity index is 0.000000335. The van der Waals surface area contributed by atoms with E-state index in [0.29, 0.717) is 0 Å². The van der Waals surface area contributed by atoms with Crippen LogP contribution in [0.4, 0.5) is 5.69 Å². The minimum Gasteiger partial charge on any atom is -0.0767 e. The molecule has 0 saturated heterocycles. The zero-order valence-electron chi connectivity index (χ0n) is 14.8. The minimum absolute atomic E-state index is 0. The number of nitrogens with zero attached hydrogens (tertiary/aromatic N) is 1. The first kappa shape index (κ1) is 23.6. The van der Waals surface area contributed by atoms with Crippen molar-refractivity contribution < 1.29 is 39.9 Å². The molecular formula is C20H17FeNO5P. The van der Waals surface area contributed by atoms with E-state index in [0.717, 1.165) is 22.9 Å². The van der Waals surface area contributed by atoms with Crippen LogP contribution in [-0.2, 0) is 26.4 Å². The summed E-state index contributed by atoms with van der Waals surface area (Å²) in [6.07, 6.45) is 10.0. The first-order valence-corrected chi connectivity index (χ1v) is 9.52. The van der Waals surface area contributed by atoms with E-state index in [1.165, 1.54) is 0 Å². The number of allylic oxidation sites excluding steroid dienone is 4. The maximum absolute atomic E-state index is 7.50. The van der Waals surface area contributed by atoms with Crippen molar-refractivity contribution in [2.75, 3.05) is 11.7 Å². The fraction of sp³-hybridized carbons (Fsp3) is 0.0500. The van der Waals surface area contributed by atoms with E-state index in [2.05, 4.69) is 13.3 Å². The number of benzene rings is 2. The minimum atomic E-state index is -2.85. The van der Waals surface area contributed by atoms with Crippen LogP contribution in [0, 0.1) is 19.7 Å². The number of rotatable bonds is 0. The summed E-state index contributed by atoms with van der Waals surface area (Å²) in [5.41, 5.74) is 1.01. The van der Waals surface area contributed by atoms with Gasteiger partial charge in [0.15, 0.2) is 0 Å². The number of hydrogen-bond acceptors (Lipinski definition) is 4. The van der Waals surface area contributed by atoms with Gasteiger partial charge in [-0.3, -0.25) is 0 Å². The zero-order chi connectivity index (χ0) is 19.7. The topological polar surface area (TPSA) is 70.7 Å². The van der Waals surface area contributed by atoms with Crippen LogP contribution in [0.1, 0.15) is 0 Å². The maximum Gasteiger partial charge on any atom is 0.00506 e. The van der Waals surface area contributed by atoms with E-state index < -0.39 is 8.09 Å². The number of anilines is 1. The average molecular weight is 438 g/mol. The Hall–Kier alpha value is -2.45. The Morgan fingerprint density at radius 1 is 0.714 bits per heavy atom. The Bertz CT molecular complexity index is 834. The smallest absolute Gasteiger partial charge is 0.00506 e. The zero-order valence-corrected chi connectivity index (χ0v) is 17.0. The van der Waals surface area contributed by atoms with Crippen molar-refractivity contribution in [3.05, 3.63) is 92.6 Å². The van der Waals surface area contributed by atoms with E-state index in [-0.39, 0.29) is 17.1 Å². The summed E-state index contributed by atoms with van der Waals surface area (Å²) in [5, 5.41) is 0. The third-order valence-corrected chi connectivity index (χ3v) is 6.26. The molecule has 28 heavy (non-hydrogen) atoms. The van der Waals surface area contributed by atoms with Gasteiger partial charge in [-0.15, -0.1) is 0 Å². The van der Waals surface area contributed by atoms with Gasteiger partial charge in [-0.1, -0.05) is 24.3 Å². The molecule has 2 aromatic carbocycles. The molecule has 8 heteroatoms. The van der Waals surface area contributed by atoms with Gasteiger partial charge in [0.1, 0.15) is 0 Å². The van der Waals surface area contributed by atoms with Crippen molar-refractivity contribution in [2.45, 2.75) is 0 Å². The second-order valence-electron chi connectivity index (χ2n) is 5.27. The van der Waals surface area contributed by atoms with Crippen molar-refractivity contribution in [1.82, 2.24) is 0 Å². The fourth-order valence-corrected chi connectivity index (χ4v) is 4.95. The van der Waals surface area contributed by atoms with E-state index in [1.54, 1.807) is 0 Å². The SMILES string of the molecule is CN1c2ccccc2O[PH]12Oc1ccccc1O2.[C-]#[O+].[C-]#[O+].[CH]1C=CC=C1.[Fe]. The summed E-state index contributed by atoms with van der Waals surface area (Å²) in [7, 11) is -0.900. The van der Waals surface area contributed by atoms with Crippen molar-refractivity contribution in [3.8, 4) is 17.2 Å². The Kier molecular flexibility index (Phi) is 9.61. The molecule has 5 rings (SSSR count). The number of para-hydroxylation sites is 4. The van der Waals surface area contributed by atoms with Gasteiger partial charge in [0.05, 0.1) is 0 Å². The molecule has 1 radical (unpaired) electrons. The van der Waals surface area contributed by atoms with Crippen LogP contribution in [0.15, 0.2) is 72.8 Å². The molecule has 0 saturated carbocycles. The molecule has 145 valence electrons. The molecule has 0 N–H and O–H groups in total. The molecule has 2 aliphatic heterocycles. The summed E-state index contributed by atoms with van der Waals surface area (Å²) >= 11 is 0. The van der Waals surface area contributed by atoms with Crippen LogP contribution in [-0.4, -0.2) is 7.05 Å². The van der Waals surface area contributed by atoms with E-state index in [1.807, 2.05) is 91.0 Å². The molecule has 2 aromatic rings. The van der Waals surface area contributed by atoms with Gasteiger partial charge in [-0.2, -0.15) is 0 Å². The first-order chi connectivity index (χ1) is 13.3. The van der Waals surface area contributed by atoms with Crippen LogP contribution in [0.5, 0.6) is 17.2 Å². The van der Waals surface area contributed by atoms with Gasteiger partial charge < -0.3 is 0 Å². The molecule has 6 nitrogen and oxygen atoms in total. The molecule has 0 atom stereocenters. The quantitative estimate of drug-likeness (QED) is 0.260. The predicted molar refractivity (Wildman–Crippen MR) is 102 cm³/mol. The van der Waals surface area contributed by atoms with E-state index in [9.17, 15) is 0 Å². The summed E-state index contributed by atoms with van der Waals surface area (Å²) in [6, 6.07) is 15.5. The third kappa shape index (κ3) is 4.88. The van der Waals surface area contributed by atoms with Crippen molar-refractivity contribution in [3.63, 3.8) is 0 Å². The second kappa shape index (κ2) is 11.4. The second-order valence-corrected chi connectivity index (χ2v) is 7.60. The van der Waals surface area contributed by atoms with Gasteiger partial charge in [0, 0.05) is 23.5 Å². The van der Waals surface area contributed by atoms with Gasteiger partial charge in [0.25, 0.3) is 0 Å². The Labute approximate surface area is 175 Å². The van der Waals surface area contributed by atoms with Crippen LogP contribution < -0.4 is 18.2 Å². The standard InChI is InChI=1S/C13H12NO3P.C5H5.2CO.Fe/c1-14-10-6-2-3-7-11(10)15-18(14)16-12-8-4-5-9-13(12)17-18;1-2-4-5-3-1;2*1-2;/h2-9,18H,1H3;1-5H;;;. The molecule has 3 aliphatic rings. The van der Waals surface area contributed by atoms with Crippen LogP contribution in [0.3, 0.4) is 0 Å². The van der Waals surface area contributed by atoms with E-state index in [4.69, 9.17) is 22.9 Å². The van der Waals surface area contributed by atoms with Gasteiger partial charge in [-0.25, -0.2) is 0 Å². The fourth-order valence-electron chi connectivity index (χ4n) is 2.59. The van der Waals surface area contributed by atoms with Crippen molar-refractivity contribution >= 4 is 13.8 Å². The molecule has 0 aromatic heterocycles. The summed E-state index contributed by atoms with van der Waals surface area (Å²) in [5.74, 6) is 2.33.